The number of anilines is 1. The molecule has 0 radical (unpaired) electrons. The number of Topliss-reactive ketones (excluding diaryl/α,β-unsaturated/α-hetero) is 1. The number of halogens is 2. The lowest BCUT2D eigenvalue weighted by molar-refractivity contribution is 0.0726. The summed E-state index contributed by atoms with van der Waals surface area (Å²) < 4.78 is 0. The summed E-state index contributed by atoms with van der Waals surface area (Å²) in [5.74, 6) is 0.177. The van der Waals surface area contributed by atoms with Crippen molar-refractivity contribution < 1.29 is 9.59 Å². The first kappa shape index (κ1) is 23.1. The molecule has 1 unspecified atom stereocenters. The second-order valence-electron chi connectivity index (χ2n) is 7.47. The van der Waals surface area contributed by atoms with Crippen LogP contribution >= 0.6 is 46.3 Å². The molecule has 2 heterocycles. The van der Waals surface area contributed by atoms with Gasteiger partial charge in [0.1, 0.15) is 0 Å². The monoisotopic (exact) mass is 505 g/mol. The van der Waals surface area contributed by atoms with Crippen molar-refractivity contribution in [3.8, 4) is 0 Å². The lowest BCUT2D eigenvalue weighted by Crippen LogP contribution is -2.53. The number of rotatable bonds is 6. The highest BCUT2D eigenvalue weighted by molar-refractivity contribution is 8.00. The van der Waals surface area contributed by atoms with Crippen LogP contribution in [0.4, 0.5) is 5.69 Å². The predicted octanol–water partition coefficient (Wildman–Crippen LogP) is 5.78. The first-order chi connectivity index (χ1) is 15.4. The highest BCUT2D eigenvalue weighted by Gasteiger charge is 2.28. The Morgan fingerprint density at radius 3 is 2.72 bits per heavy atom. The van der Waals surface area contributed by atoms with Crippen LogP contribution in [0.2, 0.25) is 10.0 Å². The summed E-state index contributed by atoms with van der Waals surface area (Å²) in [5, 5.41) is 3.44. The summed E-state index contributed by atoms with van der Waals surface area (Å²) in [6.07, 6.45) is 1.62. The Labute approximate surface area is 205 Å². The highest BCUT2D eigenvalue weighted by Crippen LogP contribution is 2.30. The Bertz CT molecular complexity index is 1120. The summed E-state index contributed by atoms with van der Waals surface area (Å²) in [7, 11) is 0. The average Bonchev–Trinajstić information content (AvgIpc) is 3.32. The first-order valence-corrected chi connectivity index (χ1v) is 12.7. The summed E-state index contributed by atoms with van der Waals surface area (Å²) >= 11 is 15.2. The van der Waals surface area contributed by atoms with Gasteiger partial charge in [-0.05, 0) is 43.3 Å². The van der Waals surface area contributed by atoms with E-state index in [1.54, 1.807) is 29.8 Å². The quantitative estimate of drug-likeness (QED) is 0.314. The van der Waals surface area contributed by atoms with E-state index in [1.807, 2.05) is 29.2 Å². The minimum atomic E-state index is -0.0418. The van der Waals surface area contributed by atoms with Gasteiger partial charge in [-0.3, -0.25) is 9.59 Å². The van der Waals surface area contributed by atoms with Gasteiger partial charge in [-0.15, -0.1) is 23.1 Å². The zero-order valence-corrected chi connectivity index (χ0v) is 20.5. The number of thiazole rings is 1. The van der Waals surface area contributed by atoms with Gasteiger partial charge in [0.15, 0.2) is 5.01 Å². The topological polar surface area (TPSA) is 53.5 Å². The molecule has 4 rings (SSSR count). The predicted molar refractivity (Wildman–Crippen MR) is 133 cm³/mol. The number of carbonyl (C=O) groups is 2. The zero-order chi connectivity index (χ0) is 22.7. The van der Waals surface area contributed by atoms with Gasteiger partial charge in [0.2, 0.25) is 5.78 Å². The third-order valence-electron chi connectivity index (χ3n) is 5.26. The Morgan fingerprint density at radius 1 is 1.19 bits per heavy atom. The second kappa shape index (κ2) is 10.3. The van der Waals surface area contributed by atoms with Crippen LogP contribution in [-0.2, 0) is 0 Å². The molecule has 0 aliphatic carbocycles. The molecule has 1 amide bonds. The number of thioether (sulfide) groups is 1. The third kappa shape index (κ3) is 5.29. The smallest absolute Gasteiger partial charge is 0.254 e. The summed E-state index contributed by atoms with van der Waals surface area (Å²) in [6.45, 7) is 4.06. The number of hydrogen-bond donors (Lipinski definition) is 0. The molecule has 9 heteroatoms. The average molecular weight is 506 g/mol. The maximum absolute atomic E-state index is 13.1. The van der Waals surface area contributed by atoms with Crippen LogP contribution < -0.4 is 4.90 Å². The Kier molecular flexibility index (Phi) is 7.40. The third-order valence-corrected chi connectivity index (χ3v) is 7.81. The van der Waals surface area contributed by atoms with E-state index in [9.17, 15) is 9.59 Å². The van der Waals surface area contributed by atoms with Crippen LogP contribution in [0, 0.1) is 0 Å². The first-order valence-electron chi connectivity index (χ1n) is 10.1. The molecule has 0 N–H and O–H groups in total. The van der Waals surface area contributed by atoms with Gasteiger partial charge >= 0.3 is 0 Å². The number of benzene rings is 2. The van der Waals surface area contributed by atoms with E-state index < -0.39 is 0 Å². The van der Waals surface area contributed by atoms with Crippen LogP contribution in [0.3, 0.4) is 0 Å². The van der Waals surface area contributed by atoms with Crippen molar-refractivity contribution in [2.75, 3.05) is 30.3 Å². The molecule has 1 fully saturated rings. The van der Waals surface area contributed by atoms with Crippen molar-refractivity contribution in [3.63, 3.8) is 0 Å². The van der Waals surface area contributed by atoms with Gasteiger partial charge < -0.3 is 9.80 Å². The van der Waals surface area contributed by atoms with Crippen molar-refractivity contribution in [1.82, 2.24) is 9.88 Å². The van der Waals surface area contributed by atoms with E-state index in [1.165, 1.54) is 23.1 Å². The van der Waals surface area contributed by atoms with Crippen LogP contribution in [0.1, 0.15) is 27.1 Å². The number of amides is 1. The molecule has 32 heavy (non-hydrogen) atoms. The van der Waals surface area contributed by atoms with Gasteiger partial charge in [0, 0.05) is 58.4 Å². The molecule has 2 aromatic carbocycles. The normalized spacial score (nSPS) is 16.3. The van der Waals surface area contributed by atoms with Crippen LogP contribution in [0.5, 0.6) is 0 Å². The number of ketones is 1. The fourth-order valence-electron chi connectivity index (χ4n) is 3.68. The fraction of sp³-hybridized carbons (Fsp3) is 0.261. The molecule has 3 aromatic rings. The van der Waals surface area contributed by atoms with Gasteiger partial charge in [-0.2, -0.15) is 0 Å². The molecule has 0 saturated carbocycles. The molecule has 5 nitrogen and oxygen atoms in total. The minimum absolute atomic E-state index is 0.0345. The second-order valence-corrected chi connectivity index (χ2v) is 10.2. The number of hydrogen-bond acceptors (Lipinski definition) is 6. The Hall–Kier alpha value is -2.06. The maximum atomic E-state index is 13.1. The number of piperazine rings is 1. The maximum Gasteiger partial charge on any atom is 0.254 e. The summed E-state index contributed by atoms with van der Waals surface area (Å²) in [4.78, 5) is 34.2. The van der Waals surface area contributed by atoms with Gasteiger partial charge in [0.05, 0.1) is 10.8 Å². The van der Waals surface area contributed by atoms with Crippen molar-refractivity contribution >= 4 is 63.7 Å². The Morgan fingerprint density at radius 2 is 2.03 bits per heavy atom. The molecule has 1 saturated heterocycles. The number of nitrogens with zero attached hydrogens (tertiary/aromatic N) is 3. The fourth-order valence-corrected chi connectivity index (χ4v) is 5.66. The SMILES string of the molecule is CC1CN(C(=O)c2ccc(SCC(=O)c3nccs3)c(Cl)c2)CCN1c1cccc(Cl)c1. The van der Waals surface area contributed by atoms with Gasteiger partial charge in [0.25, 0.3) is 5.91 Å². The molecule has 1 aliphatic heterocycles. The minimum Gasteiger partial charge on any atom is -0.365 e. The summed E-state index contributed by atoms with van der Waals surface area (Å²) in [5.41, 5.74) is 1.61. The van der Waals surface area contributed by atoms with Crippen LogP contribution in [-0.4, -0.2) is 53.0 Å². The van der Waals surface area contributed by atoms with Gasteiger partial charge in [-0.1, -0.05) is 29.3 Å². The lowest BCUT2D eigenvalue weighted by atomic mass is 10.1. The van der Waals surface area contributed by atoms with Crippen LogP contribution in [0.15, 0.2) is 58.9 Å². The number of aromatic nitrogens is 1. The van der Waals surface area contributed by atoms with Crippen molar-refractivity contribution in [3.05, 3.63) is 74.7 Å². The van der Waals surface area contributed by atoms with Gasteiger partial charge in [-0.25, -0.2) is 4.98 Å². The van der Waals surface area contributed by atoms with Crippen molar-refractivity contribution in [1.29, 1.82) is 0 Å². The number of carbonyl (C=O) groups excluding carboxylic acids is 2. The molecule has 166 valence electrons. The van der Waals surface area contributed by atoms with Crippen molar-refractivity contribution in [2.24, 2.45) is 0 Å². The Balaban J connectivity index is 1.38. The highest BCUT2D eigenvalue weighted by atomic mass is 35.5. The van der Waals surface area contributed by atoms with E-state index in [0.29, 0.717) is 33.7 Å². The largest absolute Gasteiger partial charge is 0.365 e. The van der Waals surface area contributed by atoms with E-state index in [2.05, 4.69) is 16.8 Å². The molecular weight excluding hydrogens is 485 g/mol. The molecule has 0 spiro atoms. The molecule has 1 aromatic heterocycles. The van der Waals surface area contributed by atoms with E-state index in [-0.39, 0.29) is 23.5 Å². The van der Waals surface area contributed by atoms with E-state index in [4.69, 9.17) is 23.2 Å². The van der Waals surface area contributed by atoms with E-state index >= 15 is 0 Å². The summed E-state index contributed by atoms with van der Waals surface area (Å²) in [6, 6.07) is 13.2. The standard InChI is InChI=1S/C23H21Cl2N3O2S2/c1-15-13-27(8-9-28(15)18-4-2-3-17(24)12-18)23(30)16-5-6-21(19(25)11-16)32-14-20(29)22-26-7-10-31-22/h2-7,10-12,15H,8-9,13-14H2,1H3. The molecular formula is C23H21Cl2N3O2S2. The zero-order valence-electron chi connectivity index (χ0n) is 17.3. The molecule has 1 aliphatic rings. The molecule has 1 atom stereocenters. The van der Waals surface area contributed by atoms with E-state index in [0.717, 1.165) is 17.1 Å². The van der Waals surface area contributed by atoms with Crippen molar-refractivity contribution in [2.45, 2.75) is 17.9 Å². The van der Waals surface area contributed by atoms with Crippen LogP contribution in [0.25, 0.3) is 0 Å². The lowest BCUT2D eigenvalue weighted by Gasteiger charge is -2.41. The molecule has 0 bridgehead atoms.